The van der Waals surface area contributed by atoms with E-state index in [1.54, 1.807) is 24.3 Å². The Balaban J connectivity index is 1.18. The molecule has 0 atom stereocenters. The van der Waals surface area contributed by atoms with Gasteiger partial charge in [-0.2, -0.15) is 8.78 Å². The van der Waals surface area contributed by atoms with E-state index < -0.39 is 47.5 Å². The lowest BCUT2D eigenvalue weighted by Gasteiger charge is -2.33. The first-order chi connectivity index (χ1) is 21.6. The molecule has 3 aromatic rings. The van der Waals surface area contributed by atoms with Crippen LogP contribution in [0, 0.1) is 35.1 Å². The highest BCUT2D eigenvalue weighted by atomic mass is 19.3. The van der Waals surface area contributed by atoms with Crippen LogP contribution < -0.4 is 4.74 Å². The third-order valence-corrected chi connectivity index (χ3v) is 9.98. The van der Waals surface area contributed by atoms with E-state index in [0.29, 0.717) is 34.7 Å². The molecule has 0 saturated heterocycles. The Morgan fingerprint density at radius 1 is 0.711 bits per heavy atom. The highest BCUT2D eigenvalue weighted by molar-refractivity contribution is 5.65. The highest BCUT2D eigenvalue weighted by Gasteiger charge is 2.44. The fourth-order valence-electron chi connectivity index (χ4n) is 7.26. The fourth-order valence-corrected chi connectivity index (χ4v) is 7.26. The molecule has 5 rings (SSSR count). The Bertz CT molecular complexity index is 1420. The number of rotatable bonds is 11. The number of alkyl halides is 3. The summed E-state index contributed by atoms with van der Waals surface area (Å²) >= 11 is 0. The maximum atomic E-state index is 15.3. The smallest absolute Gasteiger partial charge is 0.400 e. The van der Waals surface area contributed by atoms with Gasteiger partial charge in [0.2, 0.25) is 0 Å². The molecule has 0 heterocycles. The number of hydrogen-bond donors (Lipinski definition) is 0. The summed E-state index contributed by atoms with van der Waals surface area (Å²) < 4.78 is 106. The quantitative estimate of drug-likeness (QED) is 0.151. The molecule has 0 aromatic heterocycles. The van der Waals surface area contributed by atoms with E-state index in [1.807, 2.05) is 6.07 Å². The van der Waals surface area contributed by atoms with Crippen molar-refractivity contribution in [3.05, 3.63) is 88.5 Å². The molecule has 0 aliphatic heterocycles. The third kappa shape index (κ3) is 7.86. The first-order valence-electron chi connectivity index (χ1n) is 16.3. The molecular weight excluding hydrogens is 593 g/mol. The van der Waals surface area contributed by atoms with Crippen molar-refractivity contribution >= 4 is 0 Å². The van der Waals surface area contributed by atoms with Gasteiger partial charge in [0.15, 0.2) is 0 Å². The summed E-state index contributed by atoms with van der Waals surface area (Å²) in [6.07, 6.45) is 6.33. The molecule has 0 radical (unpaired) electrons. The van der Waals surface area contributed by atoms with Crippen molar-refractivity contribution in [2.24, 2.45) is 11.8 Å². The van der Waals surface area contributed by atoms with Gasteiger partial charge in [-0.3, -0.25) is 0 Å². The predicted molar refractivity (Wildman–Crippen MR) is 162 cm³/mol. The number of halogens is 7. The van der Waals surface area contributed by atoms with Crippen molar-refractivity contribution in [1.29, 1.82) is 0 Å². The van der Waals surface area contributed by atoms with Crippen molar-refractivity contribution in [3.8, 4) is 16.9 Å². The average Bonchev–Trinajstić information content (AvgIpc) is 3.01. The Kier molecular flexibility index (Phi) is 10.8. The average molecular weight is 635 g/mol. The van der Waals surface area contributed by atoms with Gasteiger partial charge in [0.1, 0.15) is 35.7 Å². The molecule has 1 nitrogen and oxygen atoms in total. The van der Waals surface area contributed by atoms with E-state index >= 15 is 8.78 Å². The normalized spacial score (nSPS) is 22.4. The second-order valence-electron chi connectivity index (χ2n) is 12.9. The monoisotopic (exact) mass is 634 g/mol. The van der Waals surface area contributed by atoms with Gasteiger partial charge in [-0.15, -0.1) is 0 Å². The lowest BCUT2D eigenvalue weighted by atomic mass is 9.76. The standard InChI is InChI=1S/C37H41F7O/c1-2-3-4-5-23-6-8-24(9-7-23)26-12-16-31(33(39)18-26)27-13-17-30(34(40)19-27)25-10-14-28(15-11-25)37(43,44)45-29-20-35(41)32(22-38)36(42)21-29/h12-13,16-21,23-25,28H,2-11,14-15,22H2,1H3. The molecular formula is C37H41F7O. The van der Waals surface area contributed by atoms with Gasteiger partial charge in [0.25, 0.3) is 0 Å². The topological polar surface area (TPSA) is 9.23 Å². The molecule has 0 unspecified atom stereocenters. The minimum absolute atomic E-state index is 0.00310. The van der Waals surface area contributed by atoms with E-state index in [2.05, 4.69) is 11.7 Å². The second-order valence-corrected chi connectivity index (χ2v) is 12.9. The molecule has 2 aliphatic carbocycles. The van der Waals surface area contributed by atoms with Gasteiger partial charge in [-0.1, -0.05) is 56.9 Å². The zero-order valence-electron chi connectivity index (χ0n) is 25.7. The molecule has 244 valence electrons. The SMILES string of the molecule is CCCCCC1CCC(c2ccc(-c3ccc(C4CCC(C(F)(F)Oc5cc(F)c(CF)c(F)c5)CC4)c(F)c3)c(F)c2)CC1. The van der Waals surface area contributed by atoms with Crippen LogP contribution in [0.1, 0.15) is 112 Å². The summed E-state index contributed by atoms with van der Waals surface area (Å²) in [4.78, 5) is 0. The maximum absolute atomic E-state index is 15.3. The van der Waals surface area contributed by atoms with Crippen LogP contribution in [0.3, 0.4) is 0 Å². The molecule has 0 amide bonds. The van der Waals surface area contributed by atoms with Crippen molar-refractivity contribution < 1.29 is 35.5 Å². The van der Waals surface area contributed by atoms with Crippen molar-refractivity contribution in [3.63, 3.8) is 0 Å². The summed E-state index contributed by atoms with van der Waals surface area (Å²) in [6, 6.07) is 10.9. The molecule has 2 fully saturated rings. The first-order valence-corrected chi connectivity index (χ1v) is 16.3. The zero-order chi connectivity index (χ0) is 32.1. The van der Waals surface area contributed by atoms with Crippen molar-refractivity contribution in [2.75, 3.05) is 0 Å². The molecule has 0 N–H and O–H groups in total. The summed E-state index contributed by atoms with van der Waals surface area (Å²) in [5.41, 5.74) is 1.28. The fraction of sp³-hybridized carbons (Fsp3) is 0.514. The number of unbranched alkanes of at least 4 members (excludes halogenated alkanes) is 2. The van der Waals surface area contributed by atoms with Crippen LogP contribution in [0.15, 0.2) is 48.5 Å². The Hall–Kier alpha value is -3.03. The van der Waals surface area contributed by atoms with Crippen LogP contribution >= 0.6 is 0 Å². The lowest BCUT2D eigenvalue weighted by molar-refractivity contribution is -0.222. The van der Waals surface area contributed by atoms with Crippen molar-refractivity contribution in [1.82, 2.24) is 0 Å². The summed E-state index contributed by atoms with van der Waals surface area (Å²) in [5, 5.41) is 0. The zero-order valence-corrected chi connectivity index (χ0v) is 25.7. The van der Waals surface area contributed by atoms with Crippen molar-refractivity contribution in [2.45, 2.75) is 109 Å². The van der Waals surface area contributed by atoms with Gasteiger partial charge in [0.05, 0.1) is 11.5 Å². The Morgan fingerprint density at radius 2 is 1.38 bits per heavy atom. The second kappa shape index (κ2) is 14.6. The summed E-state index contributed by atoms with van der Waals surface area (Å²) in [7, 11) is 0. The molecule has 0 bridgehead atoms. The van der Waals surface area contributed by atoms with Crippen LogP contribution in [0.5, 0.6) is 5.75 Å². The number of ether oxygens (including phenoxy) is 1. The van der Waals surface area contributed by atoms with Gasteiger partial charge in [-0.25, -0.2) is 22.0 Å². The summed E-state index contributed by atoms with van der Waals surface area (Å²) in [5.74, 6) is -4.65. The van der Waals surface area contributed by atoms with Gasteiger partial charge in [0, 0.05) is 17.7 Å². The number of hydrogen-bond acceptors (Lipinski definition) is 1. The van der Waals surface area contributed by atoms with Gasteiger partial charge >= 0.3 is 6.11 Å². The van der Waals surface area contributed by atoms with Crippen LogP contribution in [0.4, 0.5) is 30.7 Å². The first kappa shape index (κ1) is 33.3. The van der Waals surface area contributed by atoms with E-state index in [4.69, 9.17) is 0 Å². The minimum atomic E-state index is -3.72. The van der Waals surface area contributed by atoms with E-state index in [0.717, 1.165) is 24.3 Å². The molecule has 8 heteroatoms. The molecule has 2 aliphatic rings. The third-order valence-electron chi connectivity index (χ3n) is 9.98. The Morgan fingerprint density at radius 3 is 1.98 bits per heavy atom. The van der Waals surface area contributed by atoms with Crippen LogP contribution in [-0.4, -0.2) is 6.11 Å². The van der Waals surface area contributed by atoms with Crippen LogP contribution in [0.2, 0.25) is 0 Å². The number of benzene rings is 3. The predicted octanol–water partition coefficient (Wildman–Crippen LogP) is 12.2. The highest BCUT2D eigenvalue weighted by Crippen LogP contribution is 2.45. The van der Waals surface area contributed by atoms with E-state index in [1.165, 1.54) is 44.6 Å². The molecule has 45 heavy (non-hydrogen) atoms. The van der Waals surface area contributed by atoms with Gasteiger partial charge in [-0.05, 0) is 97.9 Å². The van der Waals surface area contributed by atoms with E-state index in [9.17, 15) is 22.0 Å². The lowest BCUT2D eigenvalue weighted by Crippen LogP contribution is -2.37. The molecule has 2 saturated carbocycles. The van der Waals surface area contributed by atoms with Crippen LogP contribution in [-0.2, 0) is 6.67 Å². The minimum Gasteiger partial charge on any atom is -0.432 e. The molecule has 3 aromatic carbocycles. The summed E-state index contributed by atoms with van der Waals surface area (Å²) in [6.45, 7) is 0.808. The van der Waals surface area contributed by atoms with Gasteiger partial charge < -0.3 is 4.74 Å². The largest absolute Gasteiger partial charge is 0.432 e. The van der Waals surface area contributed by atoms with Crippen LogP contribution in [0.25, 0.3) is 11.1 Å². The Labute approximate surface area is 261 Å². The maximum Gasteiger partial charge on any atom is 0.400 e. The molecule has 0 spiro atoms. The van der Waals surface area contributed by atoms with E-state index in [-0.39, 0.29) is 37.4 Å².